The molecular formula is C12H16BrN3O. The maximum atomic E-state index is 11.6. The lowest BCUT2D eigenvalue weighted by Gasteiger charge is -2.31. The fourth-order valence-corrected chi connectivity index (χ4v) is 2.14. The highest BCUT2D eigenvalue weighted by Gasteiger charge is 2.20. The molecule has 0 saturated carbocycles. The number of piperazine rings is 1. The second-order valence-corrected chi connectivity index (χ2v) is 5.24. The van der Waals surface area contributed by atoms with Crippen LogP contribution in [-0.4, -0.2) is 42.4 Å². The number of nitrogens with two attached hydrogens (primary N) is 1. The number of carbonyl (C=O) groups is 1. The van der Waals surface area contributed by atoms with Crippen molar-refractivity contribution in [1.29, 1.82) is 0 Å². The average Bonchev–Trinajstić information content (AvgIpc) is 2.29. The van der Waals surface area contributed by atoms with Crippen molar-refractivity contribution < 1.29 is 4.79 Å². The van der Waals surface area contributed by atoms with Crippen molar-refractivity contribution >= 4 is 27.5 Å². The van der Waals surface area contributed by atoms with Crippen LogP contribution in [0.3, 0.4) is 0 Å². The van der Waals surface area contributed by atoms with Crippen LogP contribution in [0.1, 0.15) is 5.56 Å². The standard InChI is InChI=1S/C12H16BrN3O/c1-15-4-5-16(8-12(15)17)7-9-2-3-10(13)11(14)6-9/h2-3,6H,4-5,7-8,14H2,1H3. The molecule has 0 radical (unpaired) electrons. The zero-order valence-corrected chi connectivity index (χ0v) is 11.4. The summed E-state index contributed by atoms with van der Waals surface area (Å²) in [6.07, 6.45) is 0. The van der Waals surface area contributed by atoms with Crippen molar-refractivity contribution in [2.45, 2.75) is 6.54 Å². The van der Waals surface area contributed by atoms with E-state index in [9.17, 15) is 4.79 Å². The molecule has 1 aromatic carbocycles. The SMILES string of the molecule is CN1CCN(Cc2ccc(Br)c(N)c2)CC1=O. The van der Waals surface area contributed by atoms with Gasteiger partial charge in [-0.05, 0) is 33.6 Å². The molecule has 0 spiro atoms. The Kier molecular flexibility index (Phi) is 3.69. The van der Waals surface area contributed by atoms with Gasteiger partial charge in [-0.15, -0.1) is 0 Å². The molecule has 0 unspecified atom stereocenters. The molecule has 2 rings (SSSR count). The molecule has 0 bridgehead atoms. The predicted molar refractivity (Wildman–Crippen MR) is 71.5 cm³/mol. The Hall–Kier alpha value is -1.07. The predicted octanol–water partition coefficient (Wildman–Crippen LogP) is 1.31. The number of nitrogens with zero attached hydrogens (tertiary/aromatic N) is 2. The van der Waals surface area contributed by atoms with Crippen molar-refractivity contribution in [2.24, 2.45) is 0 Å². The molecule has 0 aromatic heterocycles. The summed E-state index contributed by atoms with van der Waals surface area (Å²) in [6, 6.07) is 5.93. The molecular weight excluding hydrogens is 282 g/mol. The number of likely N-dealkylation sites (N-methyl/N-ethyl adjacent to an activating group) is 1. The number of benzene rings is 1. The van der Waals surface area contributed by atoms with Gasteiger partial charge in [-0.2, -0.15) is 0 Å². The lowest BCUT2D eigenvalue weighted by atomic mass is 10.2. The van der Waals surface area contributed by atoms with Gasteiger partial charge in [-0.3, -0.25) is 9.69 Å². The highest BCUT2D eigenvalue weighted by molar-refractivity contribution is 9.10. The van der Waals surface area contributed by atoms with Crippen LogP contribution in [0, 0.1) is 0 Å². The molecule has 1 saturated heterocycles. The first-order chi connectivity index (χ1) is 8.06. The number of carbonyl (C=O) groups excluding carboxylic acids is 1. The van der Waals surface area contributed by atoms with E-state index in [1.165, 1.54) is 0 Å². The quantitative estimate of drug-likeness (QED) is 0.838. The molecule has 0 atom stereocenters. The Balaban J connectivity index is 2.01. The van der Waals surface area contributed by atoms with E-state index in [1.54, 1.807) is 4.90 Å². The van der Waals surface area contributed by atoms with Crippen LogP contribution in [-0.2, 0) is 11.3 Å². The zero-order chi connectivity index (χ0) is 12.4. The maximum absolute atomic E-state index is 11.6. The van der Waals surface area contributed by atoms with Gasteiger partial charge >= 0.3 is 0 Å². The van der Waals surface area contributed by atoms with E-state index in [2.05, 4.69) is 20.8 Å². The first kappa shape index (κ1) is 12.4. The number of rotatable bonds is 2. The zero-order valence-electron chi connectivity index (χ0n) is 9.82. The third-order valence-electron chi connectivity index (χ3n) is 3.00. The van der Waals surface area contributed by atoms with Crippen molar-refractivity contribution in [1.82, 2.24) is 9.80 Å². The largest absolute Gasteiger partial charge is 0.398 e. The number of hydrogen-bond donors (Lipinski definition) is 1. The van der Waals surface area contributed by atoms with Gasteiger partial charge in [0.25, 0.3) is 0 Å². The molecule has 2 N–H and O–H groups in total. The Labute approximate surface area is 110 Å². The number of amides is 1. The molecule has 1 fully saturated rings. The molecule has 1 heterocycles. The molecule has 4 nitrogen and oxygen atoms in total. The van der Waals surface area contributed by atoms with Crippen molar-refractivity contribution in [3.63, 3.8) is 0 Å². The second kappa shape index (κ2) is 5.06. The first-order valence-corrected chi connectivity index (χ1v) is 6.36. The summed E-state index contributed by atoms with van der Waals surface area (Å²) in [5.74, 6) is 0.182. The van der Waals surface area contributed by atoms with Crippen LogP contribution >= 0.6 is 15.9 Å². The summed E-state index contributed by atoms with van der Waals surface area (Å²) < 4.78 is 0.913. The monoisotopic (exact) mass is 297 g/mol. The lowest BCUT2D eigenvalue weighted by Crippen LogP contribution is -2.47. The minimum atomic E-state index is 0.182. The lowest BCUT2D eigenvalue weighted by molar-refractivity contribution is -0.134. The molecule has 1 aliphatic heterocycles. The summed E-state index contributed by atoms with van der Waals surface area (Å²) in [5.41, 5.74) is 7.72. The van der Waals surface area contributed by atoms with Gasteiger partial charge in [0.1, 0.15) is 0 Å². The van der Waals surface area contributed by atoms with Gasteiger partial charge in [0.15, 0.2) is 0 Å². The maximum Gasteiger partial charge on any atom is 0.236 e. The number of nitrogen functional groups attached to an aromatic ring is 1. The molecule has 1 aliphatic rings. The van der Waals surface area contributed by atoms with Gasteiger partial charge in [0.2, 0.25) is 5.91 Å². The van der Waals surface area contributed by atoms with E-state index < -0.39 is 0 Å². The Morgan fingerprint density at radius 3 is 2.82 bits per heavy atom. The minimum absolute atomic E-state index is 0.182. The first-order valence-electron chi connectivity index (χ1n) is 5.56. The summed E-state index contributed by atoms with van der Waals surface area (Å²) >= 11 is 3.37. The molecule has 1 aromatic rings. The smallest absolute Gasteiger partial charge is 0.236 e. The van der Waals surface area contributed by atoms with E-state index in [0.29, 0.717) is 6.54 Å². The van der Waals surface area contributed by atoms with Crippen molar-refractivity contribution in [3.8, 4) is 0 Å². The van der Waals surface area contributed by atoms with E-state index >= 15 is 0 Å². The average molecular weight is 298 g/mol. The van der Waals surface area contributed by atoms with Gasteiger partial charge in [0.05, 0.1) is 6.54 Å². The Bertz CT molecular complexity index is 436. The van der Waals surface area contributed by atoms with Gasteiger partial charge < -0.3 is 10.6 Å². The third kappa shape index (κ3) is 2.98. The fourth-order valence-electron chi connectivity index (χ4n) is 1.89. The van der Waals surface area contributed by atoms with Crippen LogP contribution in [0.25, 0.3) is 0 Å². The van der Waals surface area contributed by atoms with Gasteiger partial charge in [-0.1, -0.05) is 6.07 Å². The van der Waals surface area contributed by atoms with E-state index in [0.717, 1.165) is 35.4 Å². The van der Waals surface area contributed by atoms with Crippen LogP contribution in [0.5, 0.6) is 0 Å². The molecule has 1 amide bonds. The third-order valence-corrected chi connectivity index (χ3v) is 3.73. The fraction of sp³-hybridized carbons (Fsp3) is 0.417. The number of anilines is 1. The summed E-state index contributed by atoms with van der Waals surface area (Å²) in [5, 5.41) is 0. The highest BCUT2D eigenvalue weighted by atomic mass is 79.9. The second-order valence-electron chi connectivity index (χ2n) is 4.38. The highest BCUT2D eigenvalue weighted by Crippen LogP contribution is 2.21. The summed E-state index contributed by atoms with van der Waals surface area (Å²) in [7, 11) is 1.84. The van der Waals surface area contributed by atoms with E-state index in [1.807, 2.05) is 25.2 Å². The van der Waals surface area contributed by atoms with E-state index in [-0.39, 0.29) is 5.91 Å². The van der Waals surface area contributed by atoms with Crippen molar-refractivity contribution in [2.75, 3.05) is 32.4 Å². The summed E-state index contributed by atoms with van der Waals surface area (Å²) in [4.78, 5) is 15.5. The minimum Gasteiger partial charge on any atom is -0.398 e. The molecule has 0 aliphatic carbocycles. The molecule has 5 heteroatoms. The Morgan fingerprint density at radius 2 is 2.18 bits per heavy atom. The molecule has 17 heavy (non-hydrogen) atoms. The summed E-state index contributed by atoms with van der Waals surface area (Å²) in [6.45, 7) is 2.98. The van der Waals surface area contributed by atoms with Crippen LogP contribution in [0.2, 0.25) is 0 Å². The number of hydrogen-bond acceptors (Lipinski definition) is 3. The van der Waals surface area contributed by atoms with E-state index in [4.69, 9.17) is 5.73 Å². The normalized spacial score (nSPS) is 17.5. The Morgan fingerprint density at radius 1 is 1.41 bits per heavy atom. The van der Waals surface area contributed by atoms with Crippen molar-refractivity contribution in [3.05, 3.63) is 28.2 Å². The topological polar surface area (TPSA) is 49.6 Å². The van der Waals surface area contributed by atoms with Gasteiger partial charge in [0, 0.05) is 36.8 Å². The number of halogens is 1. The van der Waals surface area contributed by atoms with Crippen LogP contribution in [0.4, 0.5) is 5.69 Å². The van der Waals surface area contributed by atoms with Gasteiger partial charge in [-0.25, -0.2) is 0 Å². The van der Waals surface area contributed by atoms with Crippen LogP contribution in [0.15, 0.2) is 22.7 Å². The molecule has 92 valence electrons. The van der Waals surface area contributed by atoms with Crippen LogP contribution < -0.4 is 5.73 Å².